The molecule has 2 atom stereocenters. The quantitative estimate of drug-likeness (QED) is 0.268. The summed E-state index contributed by atoms with van der Waals surface area (Å²) in [6.45, 7) is 0. The van der Waals surface area contributed by atoms with Crippen LogP contribution in [0.15, 0.2) is 30.7 Å². The van der Waals surface area contributed by atoms with E-state index in [4.69, 9.17) is 0 Å². The van der Waals surface area contributed by atoms with E-state index in [1.165, 1.54) is 24.7 Å². The normalized spacial score (nSPS) is 20.2. The summed E-state index contributed by atoms with van der Waals surface area (Å²) >= 11 is 0. The van der Waals surface area contributed by atoms with Crippen LogP contribution in [-0.4, -0.2) is 43.1 Å². The van der Waals surface area contributed by atoms with Crippen LogP contribution < -0.4 is 10.6 Å². The van der Waals surface area contributed by atoms with Gasteiger partial charge in [0, 0.05) is 41.2 Å². The highest BCUT2D eigenvalue weighted by atomic mass is 19.1. The van der Waals surface area contributed by atoms with Crippen molar-refractivity contribution in [3.05, 3.63) is 48.2 Å². The molecule has 11 heteroatoms. The molecule has 2 aliphatic carbocycles. The van der Waals surface area contributed by atoms with Gasteiger partial charge in [-0.2, -0.15) is 5.10 Å². The topological polar surface area (TPSA) is 111 Å². The first kappa shape index (κ1) is 24.4. The maximum atomic E-state index is 15.4. The number of hydrogen-bond donors (Lipinski definition) is 4. The lowest BCUT2D eigenvalue weighted by Crippen LogP contribution is -2.43. The van der Waals surface area contributed by atoms with Crippen LogP contribution in [0.5, 0.6) is 0 Å². The number of fused-ring (bicyclic) bond motifs is 1. The molecule has 198 valence electrons. The van der Waals surface area contributed by atoms with Gasteiger partial charge in [-0.3, -0.25) is 9.89 Å². The fraction of sp³-hybridized carbons (Fsp3) is 0.407. The molecule has 0 saturated heterocycles. The Hall–Kier alpha value is -3.89. The highest BCUT2D eigenvalue weighted by Crippen LogP contribution is 2.37. The van der Waals surface area contributed by atoms with Crippen LogP contribution in [0.2, 0.25) is 0 Å². The summed E-state index contributed by atoms with van der Waals surface area (Å²) in [7, 11) is 0. The van der Waals surface area contributed by atoms with Gasteiger partial charge in [-0.05, 0) is 50.7 Å². The predicted molar refractivity (Wildman–Crippen MR) is 137 cm³/mol. The lowest BCUT2D eigenvalue weighted by Gasteiger charge is -2.31. The first-order chi connectivity index (χ1) is 18.5. The molecule has 38 heavy (non-hydrogen) atoms. The lowest BCUT2D eigenvalue weighted by molar-refractivity contribution is -0.125. The van der Waals surface area contributed by atoms with Gasteiger partial charge in [0.2, 0.25) is 5.91 Å². The largest absolute Gasteiger partial charge is 0.365 e. The third kappa shape index (κ3) is 4.72. The fourth-order valence-corrected chi connectivity index (χ4v) is 5.81. The molecule has 0 aliphatic heterocycles. The zero-order valence-corrected chi connectivity index (χ0v) is 20.7. The van der Waals surface area contributed by atoms with Gasteiger partial charge in [-0.1, -0.05) is 12.8 Å². The number of aromatic nitrogens is 5. The maximum absolute atomic E-state index is 15.4. The number of H-pyrrole nitrogens is 2. The first-order valence-electron chi connectivity index (χ1n) is 13.1. The monoisotopic (exact) mass is 523 g/mol. The van der Waals surface area contributed by atoms with Crippen LogP contribution in [0, 0.1) is 23.4 Å². The van der Waals surface area contributed by atoms with Crippen molar-refractivity contribution in [2.24, 2.45) is 5.92 Å². The molecule has 0 spiro atoms. The van der Waals surface area contributed by atoms with Crippen LogP contribution in [0.4, 0.5) is 19.0 Å². The van der Waals surface area contributed by atoms with Gasteiger partial charge in [0.25, 0.3) is 0 Å². The number of aromatic amines is 2. The Kier molecular flexibility index (Phi) is 6.50. The van der Waals surface area contributed by atoms with E-state index in [0.717, 1.165) is 51.0 Å². The smallest absolute Gasteiger partial charge is 0.223 e. The van der Waals surface area contributed by atoms with Gasteiger partial charge in [0.05, 0.1) is 16.8 Å². The van der Waals surface area contributed by atoms with E-state index in [-0.39, 0.29) is 57.7 Å². The van der Waals surface area contributed by atoms with Gasteiger partial charge in [-0.25, -0.2) is 23.1 Å². The van der Waals surface area contributed by atoms with Crippen LogP contribution in [0.3, 0.4) is 0 Å². The van der Waals surface area contributed by atoms with E-state index in [1.54, 1.807) is 0 Å². The van der Waals surface area contributed by atoms with Crippen molar-refractivity contribution in [2.45, 2.75) is 63.5 Å². The summed E-state index contributed by atoms with van der Waals surface area (Å²) in [5.74, 6) is -1.62. The van der Waals surface area contributed by atoms with Gasteiger partial charge < -0.3 is 15.6 Å². The molecule has 1 aromatic carbocycles. The standard InChI is InChI=1S/C27H28F3N7O/c28-15-8-18-20(12-31-24(18)21(29)9-15)23-19(25-32-13-33-37-25)11-22(30)26(36-23)34-16-6-3-7-17(10-16)35-27(38)14-4-1-2-5-14/h8-9,11-14,16-17,31H,1-7,10H2,(H,34,36)(H,35,38)(H,32,33,37)/t16?,17-/m1/s1. The van der Waals surface area contributed by atoms with Crippen molar-refractivity contribution in [1.82, 2.24) is 30.5 Å². The predicted octanol–water partition coefficient (Wildman–Crippen LogP) is 5.46. The molecular formula is C27H28F3N7O. The minimum atomic E-state index is -0.737. The molecule has 2 saturated carbocycles. The highest BCUT2D eigenvalue weighted by Gasteiger charge is 2.29. The number of rotatable bonds is 6. The maximum Gasteiger partial charge on any atom is 0.223 e. The van der Waals surface area contributed by atoms with Crippen molar-refractivity contribution >= 4 is 22.6 Å². The number of nitrogens with zero attached hydrogens (tertiary/aromatic N) is 3. The van der Waals surface area contributed by atoms with Crippen molar-refractivity contribution in [2.75, 3.05) is 5.32 Å². The van der Waals surface area contributed by atoms with Crippen LogP contribution in [0.25, 0.3) is 33.5 Å². The average Bonchev–Trinajstić information content (AvgIpc) is 3.67. The van der Waals surface area contributed by atoms with Crippen LogP contribution in [0.1, 0.15) is 51.4 Å². The Balaban J connectivity index is 1.31. The zero-order valence-electron chi connectivity index (χ0n) is 20.7. The van der Waals surface area contributed by atoms with Gasteiger partial charge in [0.15, 0.2) is 17.5 Å². The molecule has 4 N–H and O–H groups in total. The Morgan fingerprint density at radius 1 is 0.947 bits per heavy atom. The molecular weight excluding hydrogens is 495 g/mol. The summed E-state index contributed by atoms with van der Waals surface area (Å²) in [4.78, 5) is 24.2. The number of pyridine rings is 1. The number of amides is 1. The molecule has 3 aromatic heterocycles. The second kappa shape index (κ2) is 10.1. The third-order valence-electron chi connectivity index (χ3n) is 7.68. The Labute approximate surface area is 216 Å². The van der Waals surface area contributed by atoms with E-state index in [0.29, 0.717) is 12.0 Å². The van der Waals surface area contributed by atoms with E-state index in [1.807, 2.05) is 0 Å². The first-order valence-corrected chi connectivity index (χ1v) is 13.1. The number of benzene rings is 1. The van der Waals surface area contributed by atoms with Gasteiger partial charge in [-0.15, -0.1) is 0 Å². The SMILES string of the molecule is O=C(N[C@@H]1CCCC(Nc2nc(-c3c[nH]c4c(F)cc(F)cc34)c(-c3nc[nH]n3)cc2F)C1)C1CCCC1. The number of anilines is 1. The Bertz CT molecular complexity index is 1460. The molecule has 1 amide bonds. The molecule has 2 fully saturated rings. The van der Waals surface area contributed by atoms with Gasteiger partial charge in [0.1, 0.15) is 18.0 Å². The molecule has 0 bridgehead atoms. The second-order valence-corrected chi connectivity index (χ2v) is 10.2. The summed E-state index contributed by atoms with van der Waals surface area (Å²) in [5.41, 5.74) is 1.08. The zero-order chi connectivity index (χ0) is 26.2. The summed E-state index contributed by atoms with van der Waals surface area (Å²) < 4.78 is 43.9. The number of hydrogen-bond acceptors (Lipinski definition) is 5. The molecule has 8 nitrogen and oxygen atoms in total. The molecule has 3 heterocycles. The number of nitrogens with one attached hydrogen (secondary N) is 4. The summed E-state index contributed by atoms with van der Waals surface area (Å²) in [6.07, 6.45) is 10.2. The number of carbonyl (C=O) groups excluding carboxylic acids is 1. The lowest BCUT2D eigenvalue weighted by atomic mass is 9.90. The van der Waals surface area contributed by atoms with E-state index in [9.17, 15) is 13.6 Å². The van der Waals surface area contributed by atoms with Crippen molar-refractivity contribution in [1.29, 1.82) is 0 Å². The molecule has 2 aliphatic rings. The Morgan fingerprint density at radius 2 is 1.76 bits per heavy atom. The summed E-state index contributed by atoms with van der Waals surface area (Å²) in [5, 5.41) is 13.4. The average molecular weight is 524 g/mol. The van der Waals surface area contributed by atoms with Crippen molar-refractivity contribution < 1.29 is 18.0 Å². The molecule has 1 unspecified atom stereocenters. The number of carbonyl (C=O) groups is 1. The fourth-order valence-electron chi connectivity index (χ4n) is 5.81. The molecule has 6 rings (SSSR count). The highest BCUT2D eigenvalue weighted by molar-refractivity contribution is 5.98. The molecule has 0 radical (unpaired) electrons. The van der Waals surface area contributed by atoms with Crippen LogP contribution >= 0.6 is 0 Å². The third-order valence-corrected chi connectivity index (χ3v) is 7.68. The van der Waals surface area contributed by atoms with Crippen LogP contribution in [-0.2, 0) is 4.79 Å². The van der Waals surface area contributed by atoms with Crippen molar-refractivity contribution in [3.8, 4) is 22.6 Å². The number of halogens is 3. The van der Waals surface area contributed by atoms with E-state index >= 15 is 4.39 Å². The molecule has 4 aromatic rings. The Morgan fingerprint density at radius 3 is 2.55 bits per heavy atom. The second-order valence-electron chi connectivity index (χ2n) is 10.2. The minimum Gasteiger partial charge on any atom is -0.365 e. The van der Waals surface area contributed by atoms with E-state index in [2.05, 4.69) is 35.8 Å². The summed E-state index contributed by atoms with van der Waals surface area (Å²) in [6, 6.07) is 3.21. The van der Waals surface area contributed by atoms with Crippen molar-refractivity contribution in [3.63, 3.8) is 0 Å². The van der Waals surface area contributed by atoms with E-state index < -0.39 is 17.5 Å². The van der Waals surface area contributed by atoms with Gasteiger partial charge >= 0.3 is 0 Å². The minimum absolute atomic E-state index is 0.0176.